The first-order chi connectivity index (χ1) is 26.5. The number of hydrogen-bond donors (Lipinski definition) is 5. The first kappa shape index (κ1) is 51.4. The summed E-state index contributed by atoms with van der Waals surface area (Å²) in [6.07, 6.45) is 2.01. The van der Waals surface area contributed by atoms with Gasteiger partial charge in [-0.25, -0.2) is 4.79 Å². The second-order valence-electron chi connectivity index (χ2n) is 17.0. The van der Waals surface area contributed by atoms with Gasteiger partial charge in [-0.2, -0.15) is 0 Å². The summed E-state index contributed by atoms with van der Waals surface area (Å²) in [5, 5.41) is 27.1. The molecule has 1 aromatic carbocycles. The van der Waals surface area contributed by atoms with E-state index in [1.54, 1.807) is 31.3 Å². The van der Waals surface area contributed by atoms with Gasteiger partial charge in [-0.1, -0.05) is 46.8 Å². The number of hydrogen-bond acceptors (Lipinski definition) is 10. The minimum absolute atomic E-state index is 0.0178. The summed E-state index contributed by atoms with van der Waals surface area (Å²) in [5.74, 6) is -3.26. The summed E-state index contributed by atoms with van der Waals surface area (Å²) in [6, 6.07) is 5.35. The lowest BCUT2D eigenvalue weighted by molar-refractivity contribution is -0.140. The Morgan fingerprint density at radius 1 is 0.789 bits per heavy atom. The molecule has 3 atom stereocenters. The van der Waals surface area contributed by atoms with Crippen molar-refractivity contribution in [3.05, 3.63) is 35.4 Å². The van der Waals surface area contributed by atoms with Crippen LogP contribution in [0.2, 0.25) is 0 Å². The molecule has 0 heterocycles. The lowest BCUT2D eigenvalue weighted by Crippen LogP contribution is -2.56. The molecule has 3 amide bonds. The van der Waals surface area contributed by atoms with Crippen molar-refractivity contribution in [2.24, 2.45) is 10.8 Å². The van der Waals surface area contributed by atoms with Crippen LogP contribution in [0.1, 0.15) is 117 Å². The van der Waals surface area contributed by atoms with Gasteiger partial charge in [0.05, 0.1) is 45.1 Å². The van der Waals surface area contributed by atoms with Gasteiger partial charge in [0.15, 0.2) is 0 Å². The SMILES string of the molecule is CCC(C)(CNC(=O)CCC(NC(=O)c1ccc(CN(C)CCC(=O)O)cc1)C(=O)O)COCCOCC(=O)NC(C)(CC)C(C)(C)CCOCCOC(C)(C)C. The van der Waals surface area contributed by atoms with Crippen molar-refractivity contribution in [1.82, 2.24) is 20.9 Å². The molecule has 5 N–H and O–H groups in total. The second-order valence-corrected chi connectivity index (χ2v) is 17.0. The van der Waals surface area contributed by atoms with E-state index in [2.05, 4.69) is 29.8 Å². The average molecular weight is 809 g/mol. The number of carboxylic acids is 2. The molecule has 15 heteroatoms. The fourth-order valence-corrected chi connectivity index (χ4v) is 5.68. The molecule has 0 saturated carbocycles. The molecule has 0 aliphatic rings. The summed E-state index contributed by atoms with van der Waals surface area (Å²) in [4.78, 5) is 62.9. The third kappa shape index (κ3) is 21.1. The van der Waals surface area contributed by atoms with E-state index in [0.29, 0.717) is 52.5 Å². The summed E-state index contributed by atoms with van der Waals surface area (Å²) in [6.45, 7) is 21.8. The molecule has 0 aliphatic carbocycles. The van der Waals surface area contributed by atoms with Crippen LogP contribution >= 0.6 is 0 Å². The summed E-state index contributed by atoms with van der Waals surface area (Å²) in [5.41, 5.74) is -0.169. The quantitative estimate of drug-likeness (QED) is 0.0675. The molecule has 0 saturated heterocycles. The topological polar surface area (TPSA) is 202 Å². The molecule has 1 aromatic rings. The van der Waals surface area contributed by atoms with Crippen molar-refractivity contribution in [3.63, 3.8) is 0 Å². The Hall–Kier alpha value is -3.63. The number of rotatable bonds is 30. The number of carbonyl (C=O) groups is 5. The van der Waals surface area contributed by atoms with Gasteiger partial charge in [-0.05, 0) is 83.5 Å². The number of nitrogens with one attached hydrogen (secondary N) is 3. The fraction of sp³-hybridized carbons (Fsp3) is 0.738. The van der Waals surface area contributed by atoms with E-state index in [1.807, 2.05) is 53.4 Å². The van der Waals surface area contributed by atoms with Gasteiger partial charge >= 0.3 is 11.9 Å². The maximum absolute atomic E-state index is 12.9. The van der Waals surface area contributed by atoms with E-state index in [-0.39, 0.29) is 67.5 Å². The summed E-state index contributed by atoms with van der Waals surface area (Å²) >= 11 is 0. The molecule has 0 bridgehead atoms. The van der Waals surface area contributed by atoms with Crippen LogP contribution in [0.15, 0.2) is 24.3 Å². The zero-order chi connectivity index (χ0) is 43.3. The highest BCUT2D eigenvalue weighted by Crippen LogP contribution is 2.36. The molecular formula is C42H72N4O11. The third-order valence-electron chi connectivity index (χ3n) is 10.5. The summed E-state index contributed by atoms with van der Waals surface area (Å²) < 4.78 is 23.0. The van der Waals surface area contributed by atoms with Crippen molar-refractivity contribution in [3.8, 4) is 0 Å². The van der Waals surface area contributed by atoms with Crippen LogP contribution in [0.5, 0.6) is 0 Å². The van der Waals surface area contributed by atoms with Crippen LogP contribution in [0.3, 0.4) is 0 Å². The van der Waals surface area contributed by atoms with E-state index >= 15 is 0 Å². The maximum atomic E-state index is 12.9. The molecule has 3 unspecified atom stereocenters. The first-order valence-corrected chi connectivity index (χ1v) is 20.0. The lowest BCUT2D eigenvalue weighted by atomic mass is 9.69. The van der Waals surface area contributed by atoms with Gasteiger partial charge in [0, 0.05) is 49.2 Å². The largest absolute Gasteiger partial charge is 0.481 e. The van der Waals surface area contributed by atoms with Crippen LogP contribution in [-0.2, 0) is 44.7 Å². The molecule has 0 radical (unpaired) electrons. The monoisotopic (exact) mass is 809 g/mol. The lowest BCUT2D eigenvalue weighted by Gasteiger charge is -2.44. The normalized spacial score (nSPS) is 14.6. The van der Waals surface area contributed by atoms with Crippen molar-refractivity contribution < 1.29 is 53.1 Å². The van der Waals surface area contributed by atoms with E-state index in [1.165, 1.54) is 0 Å². The van der Waals surface area contributed by atoms with Crippen molar-refractivity contribution in [2.45, 2.75) is 125 Å². The highest BCUT2D eigenvalue weighted by Gasteiger charge is 2.40. The number of carbonyl (C=O) groups excluding carboxylic acids is 3. The molecule has 0 aromatic heterocycles. The zero-order valence-electron chi connectivity index (χ0n) is 36.2. The van der Waals surface area contributed by atoms with Crippen molar-refractivity contribution in [2.75, 3.05) is 66.4 Å². The summed E-state index contributed by atoms with van der Waals surface area (Å²) in [7, 11) is 1.80. The number of benzene rings is 1. The van der Waals surface area contributed by atoms with Gasteiger partial charge in [0.1, 0.15) is 12.6 Å². The predicted molar refractivity (Wildman–Crippen MR) is 218 cm³/mol. The maximum Gasteiger partial charge on any atom is 0.326 e. The molecule has 15 nitrogen and oxygen atoms in total. The van der Waals surface area contributed by atoms with Crippen molar-refractivity contribution in [1.29, 1.82) is 0 Å². The Kier molecular flexibility index (Phi) is 22.5. The van der Waals surface area contributed by atoms with Crippen LogP contribution in [0, 0.1) is 10.8 Å². The highest BCUT2D eigenvalue weighted by molar-refractivity contribution is 5.96. The van der Waals surface area contributed by atoms with Gasteiger partial charge in [0.2, 0.25) is 11.8 Å². The second kappa shape index (κ2) is 25.0. The molecule has 1 rings (SSSR count). The van der Waals surface area contributed by atoms with Gasteiger partial charge in [-0.3, -0.25) is 19.2 Å². The smallest absolute Gasteiger partial charge is 0.326 e. The predicted octanol–water partition coefficient (Wildman–Crippen LogP) is 4.65. The number of aliphatic carboxylic acids is 2. The van der Waals surface area contributed by atoms with Crippen LogP contribution < -0.4 is 16.0 Å². The van der Waals surface area contributed by atoms with Crippen LogP contribution in [0.25, 0.3) is 0 Å². The molecule has 0 aliphatic heterocycles. The molecular weight excluding hydrogens is 736 g/mol. The fourth-order valence-electron chi connectivity index (χ4n) is 5.68. The molecule has 0 fully saturated rings. The molecule has 57 heavy (non-hydrogen) atoms. The Bertz CT molecular complexity index is 1400. The van der Waals surface area contributed by atoms with E-state index < -0.39 is 34.8 Å². The highest BCUT2D eigenvalue weighted by atomic mass is 16.5. The Morgan fingerprint density at radius 2 is 1.42 bits per heavy atom. The molecule has 0 spiro atoms. The van der Waals surface area contributed by atoms with E-state index in [9.17, 15) is 29.1 Å². The van der Waals surface area contributed by atoms with E-state index in [0.717, 1.165) is 18.4 Å². The number of nitrogens with zero attached hydrogens (tertiary/aromatic N) is 1. The van der Waals surface area contributed by atoms with E-state index in [4.69, 9.17) is 24.1 Å². The number of ether oxygens (including phenoxy) is 4. The standard InChI is InChI=1S/C42H72N4O11/c1-11-41(8,30-56-24-23-55-28-35(48)45-42(9,12-2)40(6,7)20-22-54-25-26-57-39(3,4)5)29-43-34(47)18-17-33(38(52)53)44-37(51)32-15-13-31(14-16-32)27-46(10)21-19-36(49)50/h13-16,33H,11-12,17-30H2,1-10H3,(H,43,47)(H,44,51)(H,45,48)(H,49,50)(H,52,53). The Morgan fingerprint density at radius 3 is 2.00 bits per heavy atom. The van der Waals surface area contributed by atoms with Gasteiger partial charge in [-0.15, -0.1) is 0 Å². The van der Waals surface area contributed by atoms with Crippen LogP contribution in [-0.4, -0.2) is 128 Å². The third-order valence-corrected chi connectivity index (χ3v) is 10.5. The Balaban J connectivity index is 2.44. The van der Waals surface area contributed by atoms with Crippen LogP contribution in [0.4, 0.5) is 0 Å². The zero-order valence-corrected chi connectivity index (χ0v) is 36.2. The van der Waals surface area contributed by atoms with Crippen molar-refractivity contribution >= 4 is 29.7 Å². The minimum atomic E-state index is -1.26. The van der Waals surface area contributed by atoms with Gasteiger partial charge in [0.25, 0.3) is 5.91 Å². The number of amides is 3. The first-order valence-electron chi connectivity index (χ1n) is 20.0. The Labute approximate surface area is 340 Å². The average Bonchev–Trinajstić information content (AvgIpc) is 3.13. The van der Waals surface area contributed by atoms with Gasteiger partial charge < -0.3 is 50.0 Å². The minimum Gasteiger partial charge on any atom is -0.481 e. The molecule has 326 valence electrons. The number of carboxylic acid groups (broad SMARTS) is 2.